The third-order valence-electron chi connectivity index (χ3n) is 6.72. The first kappa shape index (κ1) is 28.6. The molecule has 12 heteroatoms. The fraction of sp³-hybridized carbons (Fsp3) is 0.500. The number of aliphatic hydroxyl groups is 1. The van der Waals surface area contributed by atoms with Crippen LogP contribution in [0.4, 0.5) is 39.5 Å². The van der Waals surface area contributed by atoms with Crippen LogP contribution in [-0.4, -0.2) is 40.3 Å². The SMILES string of the molecule is O=P(c1ccccc1)(c1ccccc1)C(CCC1(O)CCC1)CC(F)(F)C(F)(F)C(F)(F)C(F)(F)F. The molecule has 2 aromatic carbocycles. The van der Waals surface area contributed by atoms with Gasteiger partial charge in [-0.15, -0.1) is 0 Å². The Hall–Kier alpha value is -2.00. The van der Waals surface area contributed by atoms with Crippen LogP contribution in [0.1, 0.15) is 38.5 Å². The molecule has 0 aliphatic heterocycles. The Morgan fingerprint density at radius 3 is 1.58 bits per heavy atom. The Labute approximate surface area is 201 Å². The molecule has 0 spiro atoms. The Morgan fingerprint density at radius 2 is 1.22 bits per heavy atom. The standard InChI is InChI=1S/C24H24F9O2P/c25-21(26,22(27,28)23(29,30)24(31,32)33)16-19(12-15-20(34)13-7-14-20)36(35,17-8-3-1-4-9-17)18-10-5-2-6-11-18/h1-6,8-11,19,34H,7,12-16H2. The van der Waals surface area contributed by atoms with Crippen molar-refractivity contribution in [2.45, 2.75) is 73.7 Å². The fourth-order valence-corrected chi connectivity index (χ4v) is 7.73. The van der Waals surface area contributed by atoms with Crippen molar-refractivity contribution in [3.05, 3.63) is 60.7 Å². The molecule has 1 atom stereocenters. The van der Waals surface area contributed by atoms with Gasteiger partial charge in [0, 0.05) is 22.7 Å². The van der Waals surface area contributed by atoms with Gasteiger partial charge in [0.15, 0.2) is 0 Å². The molecule has 36 heavy (non-hydrogen) atoms. The topological polar surface area (TPSA) is 37.3 Å². The summed E-state index contributed by atoms with van der Waals surface area (Å²) in [6.45, 7) is 0. The second-order valence-electron chi connectivity index (χ2n) is 9.15. The van der Waals surface area contributed by atoms with Gasteiger partial charge in [-0.3, -0.25) is 0 Å². The van der Waals surface area contributed by atoms with Gasteiger partial charge in [-0.05, 0) is 32.1 Å². The summed E-state index contributed by atoms with van der Waals surface area (Å²) in [5, 5.41) is 10.4. The molecule has 0 aromatic heterocycles. The minimum Gasteiger partial charge on any atom is -0.390 e. The van der Waals surface area contributed by atoms with E-state index in [2.05, 4.69) is 0 Å². The Kier molecular flexibility index (Phi) is 7.70. The van der Waals surface area contributed by atoms with E-state index in [1.54, 1.807) is 0 Å². The number of benzene rings is 2. The highest BCUT2D eigenvalue weighted by molar-refractivity contribution is 7.79. The molecule has 1 unspecified atom stereocenters. The largest absolute Gasteiger partial charge is 0.460 e. The van der Waals surface area contributed by atoms with E-state index in [9.17, 15) is 49.2 Å². The molecule has 1 N–H and O–H groups in total. The van der Waals surface area contributed by atoms with Gasteiger partial charge in [-0.1, -0.05) is 60.7 Å². The van der Waals surface area contributed by atoms with Crippen molar-refractivity contribution < 1.29 is 49.2 Å². The quantitative estimate of drug-likeness (QED) is 0.260. The summed E-state index contributed by atoms with van der Waals surface area (Å²) in [4.78, 5) is 0. The summed E-state index contributed by atoms with van der Waals surface area (Å²) in [6.07, 6.45) is -8.87. The zero-order valence-corrected chi connectivity index (χ0v) is 19.7. The van der Waals surface area contributed by atoms with Gasteiger partial charge < -0.3 is 9.67 Å². The van der Waals surface area contributed by atoms with E-state index >= 15 is 0 Å². The first-order chi connectivity index (χ1) is 16.5. The van der Waals surface area contributed by atoms with E-state index in [1.165, 1.54) is 60.7 Å². The number of hydrogen-bond acceptors (Lipinski definition) is 2. The fourth-order valence-electron chi connectivity index (χ4n) is 4.38. The molecule has 1 aliphatic carbocycles. The maximum atomic E-state index is 14.8. The van der Waals surface area contributed by atoms with E-state index < -0.39 is 55.2 Å². The monoisotopic (exact) mass is 546 g/mol. The molecule has 2 aromatic rings. The molecule has 2 nitrogen and oxygen atoms in total. The van der Waals surface area contributed by atoms with Gasteiger partial charge >= 0.3 is 23.9 Å². The van der Waals surface area contributed by atoms with Crippen LogP contribution in [0.2, 0.25) is 0 Å². The summed E-state index contributed by atoms with van der Waals surface area (Å²) in [6, 6.07) is 13.8. The summed E-state index contributed by atoms with van der Waals surface area (Å²) in [7, 11) is -4.32. The molecular formula is C24H24F9O2P. The molecule has 0 heterocycles. The van der Waals surface area contributed by atoms with Crippen LogP contribution in [0.5, 0.6) is 0 Å². The van der Waals surface area contributed by atoms with E-state index in [1.807, 2.05) is 0 Å². The van der Waals surface area contributed by atoms with Gasteiger partial charge in [0.2, 0.25) is 0 Å². The minimum atomic E-state index is -7.04. The maximum Gasteiger partial charge on any atom is 0.460 e. The Morgan fingerprint density at radius 1 is 0.778 bits per heavy atom. The molecule has 0 saturated heterocycles. The zero-order valence-electron chi connectivity index (χ0n) is 18.8. The molecule has 1 saturated carbocycles. The lowest BCUT2D eigenvalue weighted by molar-refractivity contribution is -0.396. The molecule has 1 aliphatic rings. The number of rotatable bonds is 10. The number of alkyl halides is 9. The molecule has 0 amide bonds. The molecular weight excluding hydrogens is 522 g/mol. The normalized spacial score (nSPS) is 17.9. The van der Waals surface area contributed by atoms with Crippen LogP contribution >= 0.6 is 7.14 Å². The van der Waals surface area contributed by atoms with E-state index in [0.717, 1.165) is 0 Å². The van der Waals surface area contributed by atoms with Gasteiger partial charge in [-0.25, -0.2) is 0 Å². The molecule has 200 valence electrons. The third-order valence-corrected chi connectivity index (χ3v) is 10.3. The van der Waals surface area contributed by atoms with E-state index in [0.29, 0.717) is 6.42 Å². The van der Waals surface area contributed by atoms with Crippen LogP contribution < -0.4 is 10.6 Å². The number of hydrogen-bond donors (Lipinski definition) is 1. The van der Waals surface area contributed by atoms with Crippen molar-refractivity contribution in [3.63, 3.8) is 0 Å². The Balaban J connectivity index is 2.12. The summed E-state index contributed by atoms with van der Waals surface area (Å²) >= 11 is 0. The van der Waals surface area contributed by atoms with Crippen LogP contribution in [0.15, 0.2) is 60.7 Å². The molecule has 3 rings (SSSR count). The first-order valence-corrected chi connectivity index (χ1v) is 12.9. The highest BCUT2D eigenvalue weighted by Crippen LogP contribution is 2.59. The Bertz CT molecular complexity index is 1020. The molecule has 1 fully saturated rings. The second kappa shape index (κ2) is 9.71. The second-order valence-corrected chi connectivity index (χ2v) is 12.2. The first-order valence-electron chi connectivity index (χ1n) is 11.1. The smallest absolute Gasteiger partial charge is 0.390 e. The van der Waals surface area contributed by atoms with Crippen molar-refractivity contribution in [1.29, 1.82) is 0 Å². The highest BCUT2D eigenvalue weighted by atomic mass is 31.2. The van der Waals surface area contributed by atoms with Gasteiger partial charge in [0.1, 0.15) is 7.14 Å². The molecule has 0 radical (unpaired) electrons. The van der Waals surface area contributed by atoms with Crippen LogP contribution in [0, 0.1) is 0 Å². The van der Waals surface area contributed by atoms with E-state index in [-0.39, 0.29) is 29.9 Å². The van der Waals surface area contributed by atoms with Crippen molar-refractivity contribution >= 4 is 17.8 Å². The van der Waals surface area contributed by atoms with Crippen LogP contribution in [0.3, 0.4) is 0 Å². The zero-order chi connectivity index (χ0) is 27.0. The average molecular weight is 546 g/mol. The molecule has 0 bridgehead atoms. The van der Waals surface area contributed by atoms with Gasteiger partial charge in [-0.2, -0.15) is 39.5 Å². The predicted octanol–water partition coefficient (Wildman–Crippen LogP) is 6.92. The van der Waals surface area contributed by atoms with Crippen molar-refractivity contribution in [2.75, 3.05) is 0 Å². The highest BCUT2D eigenvalue weighted by Gasteiger charge is 2.81. The third kappa shape index (κ3) is 5.05. The van der Waals surface area contributed by atoms with Crippen molar-refractivity contribution in [3.8, 4) is 0 Å². The lowest BCUT2D eigenvalue weighted by Crippen LogP contribution is -2.61. The summed E-state index contributed by atoms with van der Waals surface area (Å²) < 4.78 is 138. The van der Waals surface area contributed by atoms with Crippen LogP contribution in [-0.2, 0) is 4.57 Å². The predicted molar refractivity (Wildman–Crippen MR) is 117 cm³/mol. The summed E-state index contributed by atoms with van der Waals surface area (Å²) in [5.74, 6) is -19.7. The lowest BCUT2D eigenvalue weighted by Gasteiger charge is -2.40. The minimum absolute atomic E-state index is 0.0523. The maximum absolute atomic E-state index is 14.8. The average Bonchev–Trinajstić information content (AvgIpc) is 2.80. The summed E-state index contributed by atoms with van der Waals surface area (Å²) in [5.41, 5.74) is -3.32. The lowest BCUT2D eigenvalue weighted by atomic mass is 9.76. The van der Waals surface area contributed by atoms with Gasteiger partial charge in [0.25, 0.3) is 0 Å². The van der Waals surface area contributed by atoms with E-state index in [4.69, 9.17) is 0 Å². The number of halogens is 9. The van der Waals surface area contributed by atoms with Crippen molar-refractivity contribution in [2.24, 2.45) is 0 Å². The van der Waals surface area contributed by atoms with Gasteiger partial charge in [0.05, 0.1) is 5.60 Å². The van der Waals surface area contributed by atoms with Crippen LogP contribution in [0.25, 0.3) is 0 Å². The van der Waals surface area contributed by atoms with Crippen molar-refractivity contribution in [1.82, 2.24) is 0 Å².